The van der Waals surface area contributed by atoms with Crippen LogP contribution in [0.2, 0.25) is 0 Å². The molecule has 0 aliphatic rings. The van der Waals surface area contributed by atoms with Gasteiger partial charge in [0.25, 0.3) is 5.91 Å². The van der Waals surface area contributed by atoms with Crippen LogP contribution in [0.15, 0.2) is 48.5 Å². The first-order chi connectivity index (χ1) is 11.8. The Balaban J connectivity index is 1.92. The van der Waals surface area contributed by atoms with Crippen molar-refractivity contribution in [3.63, 3.8) is 0 Å². The molecule has 1 N–H and O–H groups in total. The molecule has 0 bridgehead atoms. The summed E-state index contributed by atoms with van der Waals surface area (Å²) >= 11 is 0. The van der Waals surface area contributed by atoms with Crippen LogP contribution in [-0.2, 0) is 15.7 Å². The lowest BCUT2D eigenvalue weighted by Gasteiger charge is -2.10. The van der Waals surface area contributed by atoms with Crippen molar-refractivity contribution in [3.05, 3.63) is 59.7 Å². The lowest BCUT2D eigenvalue weighted by atomic mass is 10.2. The first-order valence-corrected chi connectivity index (χ1v) is 7.08. The van der Waals surface area contributed by atoms with Crippen molar-refractivity contribution in [1.29, 1.82) is 0 Å². The number of anilines is 1. The average Bonchev–Trinajstić information content (AvgIpc) is 2.59. The highest BCUT2D eigenvalue weighted by molar-refractivity contribution is 5.93. The number of benzene rings is 2. The van der Waals surface area contributed by atoms with Crippen LogP contribution in [0.3, 0.4) is 0 Å². The highest BCUT2D eigenvalue weighted by Gasteiger charge is 2.30. The molecule has 0 atom stereocenters. The lowest BCUT2D eigenvalue weighted by Crippen LogP contribution is -2.20. The average molecular weight is 353 g/mol. The maximum Gasteiger partial charge on any atom is 0.416 e. The van der Waals surface area contributed by atoms with E-state index in [9.17, 15) is 22.8 Å². The van der Waals surface area contributed by atoms with E-state index >= 15 is 0 Å². The number of carbonyl (C=O) groups excluding carboxylic acids is 2. The highest BCUT2D eigenvalue weighted by atomic mass is 19.4. The van der Waals surface area contributed by atoms with Crippen molar-refractivity contribution < 1.29 is 32.2 Å². The maximum absolute atomic E-state index is 12.6. The Hall–Kier alpha value is -3.03. The molecule has 0 fully saturated rings. The molecule has 2 aromatic carbocycles. The molecule has 0 aliphatic carbocycles. The van der Waals surface area contributed by atoms with Gasteiger partial charge in [0.05, 0.1) is 18.2 Å². The molecule has 0 aliphatic heterocycles. The second-order valence-electron chi connectivity index (χ2n) is 4.93. The van der Waals surface area contributed by atoms with Crippen LogP contribution in [0.5, 0.6) is 5.75 Å². The number of hydrogen-bond acceptors (Lipinski definition) is 4. The van der Waals surface area contributed by atoms with E-state index in [0.29, 0.717) is 11.3 Å². The minimum Gasteiger partial charge on any atom is -0.484 e. The van der Waals surface area contributed by atoms with Gasteiger partial charge in [0.2, 0.25) is 0 Å². The largest absolute Gasteiger partial charge is 0.484 e. The minimum atomic E-state index is -4.48. The third-order valence-corrected chi connectivity index (χ3v) is 3.12. The quantitative estimate of drug-likeness (QED) is 0.836. The van der Waals surface area contributed by atoms with E-state index in [1.165, 1.54) is 43.5 Å². The van der Waals surface area contributed by atoms with Crippen LogP contribution in [-0.4, -0.2) is 25.6 Å². The van der Waals surface area contributed by atoms with Crippen molar-refractivity contribution >= 4 is 17.6 Å². The van der Waals surface area contributed by atoms with Gasteiger partial charge in [-0.25, -0.2) is 4.79 Å². The van der Waals surface area contributed by atoms with Gasteiger partial charge in [-0.2, -0.15) is 13.2 Å². The molecular weight excluding hydrogens is 339 g/mol. The molecule has 5 nitrogen and oxygen atoms in total. The van der Waals surface area contributed by atoms with Crippen LogP contribution in [0, 0.1) is 0 Å². The molecule has 2 aromatic rings. The van der Waals surface area contributed by atoms with Gasteiger partial charge >= 0.3 is 12.1 Å². The molecule has 8 heteroatoms. The molecule has 0 aromatic heterocycles. The monoisotopic (exact) mass is 353 g/mol. The van der Waals surface area contributed by atoms with Crippen LogP contribution in [0.1, 0.15) is 15.9 Å². The van der Waals surface area contributed by atoms with Gasteiger partial charge in [-0.3, -0.25) is 4.79 Å². The fourth-order valence-electron chi connectivity index (χ4n) is 1.92. The van der Waals surface area contributed by atoms with Gasteiger partial charge in [-0.05, 0) is 42.5 Å². The smallest absolute Gasteiger partial charge is 0.416 e. The number of halogens is 3. The summed E-state index contributed by atoms with van der Waals surface area (Å²) in [5.41, 5.74) is -0.130. The second-order valence-corrected chi connectivity index (χ2v) is 4.93. The second kappa shape index (κ2) is 7.69. The van der Waals surface area contributed by atoms with Crippen molar-refractivity contribution in [2.24, 2.45) is 0 Å². The molecule has 0 saturated heterocycles. The number of nitrogens with one attached hydrogen (secondary N) is 1. The summed E-state index contributed by atoms with van der Waals surface area (Å²) in [6.45, 7) is -0.458. The summed E-state index contributed by atoms with van der Waals surface area (Å²) in [6.07, 6.45) is -4.48. The van der Waals surface area contributed by atoms with E-state index in [1.807, 2.05) is 0 Å². The normalized spacial score (nSPS) is 10.9. The summed E-state index contributed by atoms with van der Waals surface area (Å²) in [7, 11) is 1.25. The third kappa shape index (κ3) is 5.23. The Morgan fingerprint density at radius 1 is 1.08 bits per heavy atom. The summed E-state index contributed by atoms with van der Waals surface area (Å²) in [5.74, 6) is -1.12. The number of alkyl halides is 3. The van der Waals surface area contributed by atoms with Gasteiger partial charge < -0.3 is 14.8 Å². The maximum atomic E-state index is 12.6. The lowest BCUT2D eigenvalue weighted by molar-refractivity contribution is -0.137. The number of carbonyl (C=O) groups is 2. The molecule has 1 amide bonds. The fourth-order valence-corrected chi connectivity index (χ4v) is 1.92. The van der Waals surface area contributed by atoms with Crippen LogP contribution >= 0.6 is 0 Å². The zero-order chi connectivity index (χ0) is 18.4. The fraction of sp³-hybridized carbons (Fsp3) is 0.176. The van der Waals surface area contributed by atoms with E-state index in [2.05, 4.69) is 10.1 Å². The number of ether oxygens (including phenoxy) is 2. The Morgan fingerprint density at radius 3 is 2.36 bits per heavy atom. The van der Waals surface area contributed by atoms with Crippen molar-refractivity contribution in [1.82, 2.24) is 0 Å². The molecule has 25 heavy (non-hydrogen) atoms. The molecule has 0 spiro atoms. The van der Waals surface area contributed by atoms with Crippen molar-refractivity contribution in [2.45, 2.75) is 6.18 Å². The first kappa shape index (κ1) is 18.3. The SMILES string of the molecule is COC(=O)c1ccc(NC(=O)COc2cccc(C(F)(F)F)c2)cc1. The van der Waals surface area contributed by atoms with E-state index in [-0.39, 0.29) is 5.75 Å². The number of rotatable bonds is 5. The number of hydrogen-bond donors (Lipinski definition) is 1. The van der Waals surface area contributed by atoms with Gasteiger partial charge in [0.1, 0.15) is 5.75 Å². The summed E-state index contributed by atoms with van der Waals surface area (Å²) in [5, 5.41) is 2.50. The molecule has 0 radical (unpaired) electrons. The Morgan fingerprint density at radius 2 is 1.76 bits per heavy atom. The molecule has 2 rings (SSSR count). The van der Waals surface area contributed by atoms with Gasteiger partial charge in [-0.1, -0.05) is 6.07 Å². The van der Waals surface area contributed by atoms with Gasteiger partial charge in [0, 0.05) is 5.69 Å². The number of methoxy groups -OCH3 is 1. The summed E-state index contributed by atoms with van der Waals surface area (Å²) in [6, 6.07) is 10.2. The number of esters is 1. The van der Waals surface area contributed by atoms with Crippen LogP contribution < -0.4 is 10.1 Å². The van der Waals surface area contributed by atoms with Crippen LogP contribution in [0.4, 0.5) is 18.9 Å². The summed E-state index contributed by atoms with van der Waals surface area (Å²) in [4.78, 5) is 23.1. The Labute approximate surface area is 141 Å². The minimum absolute atomic E-state index is 0.0639. The van der Waals surface area contributed by atoms with Crippen molar-refractivity contribution in [3.8, 4) is 5.75 Å². The third-order valence-electron chi connectivity index (χ3n) is 3.12. The predicted molar refractivity (Wildman–Crippen MR) is 83.4 cm³/mol. The zero-order valence-electron chi connectivity index (χ0n) is 13.1. The molecule has 132 valence electrons. The zero-order valence-corrected chi connectivity index (χ0v) is 13.1. The standard InChI is InChI=1S/C17H14F3NO4/c1-24-16(23)11-5-7-13(8-6-11)21-15(22)10-25-14-4-2-3-12(9-14)17(18,19)20/h2-9H,10H2,1H3,(H,21,22). The Kier molecular flexibility index (Phi) is 5.63. The topological polar surface area (TPSA) is 64.6 Å². The molecule has 0 unspecified atom stereocenters. The highest BCUT2D eigenvalue weighted by Crippen LogP contribution is 2.31. The molecule has 0 saturated carbocycles. The van der Waals surface area contributed by atoms with Gasteiger partial charge in [0.15, 0.2) is 6.61 Å². The van der Waals surface area contributed by atoms with E-state index in [4.69, 9.17) is 4.74 Å². The van der Waals surface area contributed by atoms with Crippen LogP contribution in [0.25, 0.3) is 0 Å². The Bertz CT molecular complexity index is 757. The van der Waals surface area contributed by atoms with Crippen molar-refractivity contribution in [2.75, 3.05) is 19.0 Å². The molecule has 0 heterocycles. The van der Waals surface area contributed by atoms with E-state index < -0.39 is 30.2 Å². The van der Waals surface area contributed by atoms with E-state index in [1.54, 1.807) is 0 Å². The predicted octanol–water partition coefficient (Wildman–Crippen LogP) is 3.51. The molecular formula is C17H14F3NO4. The first-order valence-electron chi connectivity index (χ1n) is 7.08. The number of amides is 1. The van der Waals surface area contributed by atoms with E-state index in [0.717, 1.165) is 12.1 Å². The summed E-state index contributed by atoms with van der Waals surface area (Å²) < 4.78 is 47.4. The van der Waals surface area contributed by atoms with Gasteiger partial charge in [-0.15, -0.1) is 0 Å².